The molecule has 0 aliphatic heterocycles. The van der Waals surface area contributed by atoms with Gasteiger partial charge in [0.2, 0.25) is 0 Å². The van der Waals surface area contributed by atoms with Crippen LogP contribution >= 0.6 is 11.8 Å². The van der Waals surface area contributed by atoms with E-state index in [4.69, 9.17) is 0 Å². The molecule has 1 heterocycles. The van der Waals surface area contributed by atoms with Crippen molar-refractivity contribution in [2.45, 2.75) is 30.6 Å². The fourth-order valence-corrected chi connectivity index (χ4v) is 2.55. The highest BCUT2D eigenvalue weighted by Crippen LogP contribution is 2.25. The average molecular weight is 257 g/mol. The number of nitrogens with zero attached hydrogens (tertiary/aromatic N) is 1. The van der Waals surface area contributed by atoms with Crippen LogP contribution in [0.2, 0.25) is 0 Å². The standard InChI is InChI=1S/C16H19NS/c1-3-13(12-15-6-4-5-11-17-15)14-7-9-16(18-2)10-8-14/h4-11,13H,3,12H2,1-2H3. The Morgan fingerprint density at radius 3 is 2.44 bits per heavy atom. The molecule has 2 rings (SSSR count). The second-order valence-corrected chi connectivity index (χ2v) is 5.28. The van der Waals surface area contributed by atoms with Crippen LogP contribution in [0.5, 0.6) is 0 Å². The first kappa shape index (κ1) is 13.2. The van der Waals surface area contributed by atoms with E-state index in [1.54, 1.807) is 11.8 Å². The number of benzene rings is 1. The molecule has 0 spiro atoms. The Kier molecular flexibility index (Phi) is 4.82. The maximum Gasteiger partial charge on any atom is 0.0409 e. The van der Waals surface area contributed by atoms with E-state index in [0.717, 1.165) is 12.8 Å². The molecule has 0 saturated carbocycles. The van der Waals surface area contributed by atoms with Crippen molar-refractivity contribution in [3.63, 3.8) is 0 Å². The maximum atomic E-state index is 4.42. The summed E-state index contributed by atoms with van der Waals surface area (Å²) in [6, 6.07) is 15.1. The molecule has 1 atom stereocenters. The fraction of sp³-hybridized carbons (Fsp3) is 0.312. The van der Waals surface area contributed by atoms with Gasteiger partial charge in [0.15, 0.2) is 0 Å². The van der Waals surface area contributed by atoms with Gasteiger partial charge in [-0.05, 0) is 54.8 Å². The molecule has 94 valence electrons. The lowest BCUT2D eigenvalue weighted by Gasteiger charge is -2.15. The zero-order chi connectivity index (χ0) is 12.8. The molecule has 0 aliphatic carbocycles. The van der Waals surface area contributed by atoms with Crippen LogP contribution in [0.1, 0.15) is 30.5 Å². The first-order valence-electron chi connectivity index (χ1n) is 6.37. The minimum absolute atomic E-state index is 0.566. The van der Waals surface area contributed by atoms with Crippen LogP contribution in [-0.4, -0.2) is 11.2 Å². The molecule has 0 radical (unpaired) electrons. The van der Waals surface area contributed by atoms with Crippen LogP contribution in [0, 0.1) is 0 Å². The SMILES string of the molecule is CCC(Cc1ccccn1)c1ccc(SC)cc1. The third-order valence-electron chi connectivity index (χ3n) is 3.26. The molecule has 1 unspecified atom stereocenters. The second kappa shape index (κ2) is 6.60. The lowest BCUT2D eigenvalue weighted by Crippen LogP contribution is -2.03. The van der Waals surface area contributed by atoms with Gasteiger partial charge in [0, 0.05) is 16.8 Å². The molecule has 0 saturated heterocycles. The molecule has 2 aromatic rings. The Morgan fingerprint density at radius 2 is 1.89 bits per heavy atom. The van der Waals surface area contributed by atoms with Crippen molar-refractivity contribution in [1.82, 2.24) is 4.98 Å². The maximum absolute atomic E-state index is 4.42. The molecular formula is C16H19NS. The van der Waals surface area contributed by atoms with E-state index >= 15 is 0 Å². The van der Waals surface area contributed by atoms with E-state index in [1.165, 1.54) is 16.2 Å². The second-order valence-electron chi connectivity index (χ2n) is 4.40. The fourth-order valence-electron chi connectivity index (χ4n) is 2.15. The third kappa shape index (κ3) is 3.36. The van der Waals surface area contributed by atoms with E-state index in [9.17, 15) is 0 Å². The topological polar surface area (TPSA) is 12.9 Å². The monoisotopic (exact) mass is 257 g/mol. The van der Waals surface area contributed by atoms with Gasteiger partial charge in [-0.15, -0.1) is 11.8 Å². The first-order chi connectivity index (χ1) is 8.83. The molecule has 0 bridgehead atoms. The Bertz CT molecular complexity index is 464. The largest absolute Gasteiger partial charge is 0.261 e. The van der Waals surface area contributed by atoms with E-state index in [1.807, 2.05) is 12.3 Å². The summed E-state index contributed by atoms with van der Waals surface area (Å²) >= 11 is 1.79. The number of pyridine rings is 1. The molecular weight excluding hydrogens is 238 g/mol. The minimum Gasteiger partial charge on any atom is -0.261 e. The van der Waals surface area contributed by atoms with E-state index in [-0.39, 0.29) is 0 Å². The van der Waals surface area contributed by atoms with E-state index < -0.39 is 0 Å². The highest BCUT2D eigenvalue weighted by molar-refractivity contribution is 7.98. The number of thioether (sulfide) groups is 1. The summed E-state index contributed by atoms with van der Waals surface area (Å²) < 4.78 is 0. The van der Waals surface area contributed by atoms with Crippen molar-refractivity contribution in [3.8, 4) is 0 Å². The molecule has 0 aliphatic rings. The normalized spacial score (nSPS) is 12.3. The van der Waals surface area contributed by atoms with Gasteiger partial charge >= 0.3 is 0 Å². The molecule has 0 amide bonds. The Hall–Kier alpha value is -1.28. The number of hydrogen-bond donors (Lipinski definition) is 0. The van der Waals surface area contributed by atoms with Gasteiger partial charge < -0.3 is 0 Å². The molecule has 2 heteroatoms. The van der Waals surface area contributed by atoms with Gasteiger partial charge in [-0.1, -0.05) is 25.1 Å². The molecule has 0 fully saturated rings. The van der Waals surface area contributed by atoms with Crippen molar-refractivity contribution in [2.24, 2.45) is 0 Å². The number of rotatable bonds is 5. The molecule has 1 nitrogen and oxygen atoms in total. The molecule has 0 N–H and O–H groups in total. The molecule has 1 aromatic carbocycles. The number of aromatic nitrogens is 1. The highest BCUT2D eigenvalue weighted by Gasteiger charge is 2.10. The van der Waals surface area contributed by atoms with Crippen LogP contribution in [0.25, 0.3) is 0 Å². The van der Waals surface area contributed by atoms with Crippen molar-refractivity contribution >= 4 is 11.8 Å². The van der Waals surface area contributed by atoms with E-state index in [0.29, 0.717) is 5.92 Å². The van der Waals surface area contributed by atoms with Crippen LogP contribution < -0.4 is 0 Å². The van der Waals surface area contributed by atoms with Gasteiger partial charge in [0.1, 0.15) is 0 Å². The average Bonchev–Trinajstić information content (AvgIpc) is 2.46. The quantitative estimate of drug-likeness (QED) is 0.729. The van der Waals surface area contributed by atoms with Gasteiger partial charge in [-0.3, -0.25) is 4.98 Å². The Labute approximate surface area is 114 Å². The van der Waals surface area contributed by atoms with Gasteiger partial charge in [0.05, 0.1) is 0 Å². The van der Waals surface area contributed by atoms with E-state index in [2.05, 4.69) is 54.6 Å². The Morgan fingerprint density at radius 1 is 1.11 bits per heavy atom. The third-order valence-corrected chi connectivity index (χ3v) is 4.01. The van der Waals surface area contributed by atoms with Crippen LogP contribution in [-0.2, 0) is 6.42 Å². The zero-order valence-corrected chi connectivity index (χ0v) is 11.8. The predicted octanol–water partition coefficient (Wildman–Crippen LogP) is 4.54. The van der Waals surface area contributed by atoms with Crippen molar-refractivity contribution < 1.29 is 0 Å². The lowest BCUT2D eigenvalue weighted by atomic mass is 9.92. The van der Waals surface area contributed by atoms with Gasteiger partial charge in [-0.25, -0.2) is 0 Å². The summed E-state index contributed by atoms with van der Waals surface area (Å²) in [5.74, 6) is 0.566. The summed E-state index contributed by atoms with van der Waals surface area (Å²) in [6.45, 7) is 2.25. The summed E-state index contributed by atoms with van der Waals surface area (Å²) in [5.41, 5.74) is 2.60. The lowest BCUT2D eigenvalue weighted by molar-refractivity contribution is 0.649. The summed E-state index contributed by atoms with van der Waals surface area (Å²) in [6.07, 6.45) is 6.16. The summed E-state index contributed by atoms with van der Waals surface area (Å²) in [7, 11) is 0. The summed E-state index contributed by atoms with van der Waals surface area (Å²) in [5, 5.41) is 0. The smallest absolute Gasteiger partial charge is 0.0409 e. The predicted molar refractivity (Wildman–Crippen MR) is 79.2 cm³/mol. The molecule has 1 aromatic heterocycles. The van der Waals surface area contributed by atoms with Crippen molar-refractivity contribution in [2.75, 3.05) is 6.26 Å². The zero-order valence-electron chi connectivity index (χ0n) is 11.0. The summed E-state index contributed by atoms with van der Waals surface area (Å²) in [4.78, 5) is 5.75. The van der Waals surface area contributed by atoms with Gasteiger partial charge in [0.25, 0.3) is 0 Å². The van der Waals surface area contributed by atoms with Crippen LogP contribution in [0.4, 0.5) is 0 Å². The molecule has 18 heavy (non-hydrogen) atoms. The van der Waals surface area contributed by atoms with Crippen molar-refractivity contribution in [3.05, 3.63) is 59.9 Å². The number of hydrogen-bond acceptors (Lipinski definition) is 2. The van der Waals surface area contributed by atoms with Crippen molar-refractivity contribution in [1.29, 1.82) is 0 Å². The van der Waals surface area contributed by atoms with Gasteiger partial charge in [-0.2, -0.15) is 0 Å². The highest BCUT2D eigenvalue weighted by atomic mass is 32.2. The van der Waals surface area contributed by atoms with Crippen LogP contribution in [0.3, 0.4) is 0 Å². The van der Waals surface area contributed by atoms with Crippen LogP contribution in [0.15, 0.2) is 53.6 Å². The Balaban J connectivity index is 2.12. The minimum atomic E-state index is 0.566. The first-order valence-corrected chi connectivity index (χ1v) is 7.59.